The minimum atomic E-state index is 0.349. The Hall–Kier alpha value is 0.650. The zero-order chi connectivity index (χ0) is 9.26. The van der Waals surface area contributed by atoms with Crippen molar-refractivity contribution in [3.8, 4) is 0 Å². The maximum atomic E-state index is 5.85. The first-order chi connectivity index (χ1) is 6.27. The Kier molecular flexibility index (Phi) is 3.48. The Labute approximate surface area is 93.5 Å². The Morgan fingerprint density at radius 2 is 2.23 bits per heavy atom. The monoisotopic (exact) mass is 296 g/mol. The fourth-order valence-electron chi connectivity index (χ4n) is 1.74. The van der Waals surface area contributed by atoms with Crippen molar-refractivity contribution in [2.45, 2.75) is 29.8 Å². The molecule has 3 atom stereocenters. The van der Waals surface area contributed by atoms with Gasteiger partial charge in [0, 0.05) is 6.61 Å². The lowest BCUT2D eigenvalue weighted by atomic mass is 10.1. The van der Waals surface area contributed by atoms with E-state index in [9.17, 15) is 0 Å². The van der Waals surface area contributed by atoms with E-state index in [0.717, 1.165) is 31.7 Å². The van der Waals surface area contributed by atoms with Crippen LogP contribution in [-0.2, 0) is 9.47 Å². The van der Waals surface area contributed by atoms with Crippen LogP contribution >= 0.6 is 22.6 Å². The summed E-state index contributed by atoms with van der Waals surface area (Å²) in [6.07, 6.45) is 3.18. The Bertz CT molecular complexity index is 170. The summed E-state index contributed by atoms with van der Waals surface area (Å²) in [4.78, 5) is 0. The van der Waals surface area contributed by atoms with Gasteiger partial charge in [-0.2, -0.15) is 0 Å². The predicted molar refractivity (Wildman–Crippen MR) is 60.3 cm³/mol. The molecule has 0 aromatic rings. The predicted octanol–water partition coefficient (Wildman–Crippen LogP) is 2.25. The lowest BCUT2D eigenvalue weighted by Crippen LogP contribution is -2.25. The van der Waals surface area contributed by atoms with Crippen LogP contribution in [0.25, 0.3) is 0 Å². The molecule has 1 aliphatic carbocycles. The first kappa shape index (κ1) is 10.2. The normalized spacial score (nSPS) is 36.5. The maximum Gasteiger partial charge on any atom is 0.0948 e. The lowest BCUT2D eigenvalue weighted by molar-refractivity contribution is 0.0240. The largest absolute Gasteiger partial charge is 0.378 e. The van der Waals surface area contributed by atoms with Crippen molar-refractivity contribution < 1.29 is 9.47 Å². The zero-order valence-electron chi connectivity index (χ0n) is 8.04. The maximum absolute atomic E-state index is 5.85. The molecular weight excluding hydrogens is 279 g/mol. The lowest BCUT2D eigenvalue weighted by Gasteiger charge is -2.16. The number of hydrogen-bond donors (Lipinski definition) is 0. The summed E-state index contributed by atoms with van der Waals surface area (Å²) in [5, 5.41) is 0. The number of halogens is 1. The molecule has 1 saturated carbocycles. The van der Waals surface area contributed by atoms with Gasteiger partial charge in [-0.1, -0.05) is 29.5 Å². The Morgan fingerprint density at radius 3 is 2.77 bits per heavy atom. The van der Waals surface area contributed by atoms with Crippen molar-refractivity contribution >= 4 is 22.6 Å². The molecular formula is C10H17IO2. The summed E-state index contributed by atoms with van der Waals surface area (Å²) in [6, 6.07) is 0. The zero-order valence-corrected chi connectivity index (χ0v) is 10.2. The van der Waals surface area contributed by atoms with E-state index in [-0.39, 0.29) is 0 Å². The van der Waals surface area contributed by atoms with Crippen molar-refractivity contribution in [2.75, 3.05) is 19.8 Å². The van der Waals surface area contributed by atoms with Crippen LogP contribution in [0.15, 0.2) is 0 Å². The highest BCUT2D eigenvalue weighted by Gasteiger charge is 2.31. The second-order valence-electron chi connectivity index (χ2n) is 4.24. The second kappa shape index (κ2) is 4.45. The first-order valence-electron chi connectivity index (χ1n) is 5.11. The molecule has 76 valence electrons. The van der Waals surface area contributed by atoms with Crippen molar-refractivity contribution in [2.24, 2.45) is 11.8 Å². The molecule has 3 heteroatoms. The highest BCUT2D eigenvalue weighted by molar-refractivity contribution is 14.1. The van der Waals surface area contributed by atoms with Crippen molar-refractivity contribution in [1.82, 2.24) is 0 Å². The molecule has 0 N–H and O–H groups in total. The van der Waals surface area contributed by atoms with Gasteiger partial charge in [-0.25, -0.2) is 0 Å². The standard InChI is InChI=1S/C10H17IO2/c1-7(8-2-3-8)4-13-10-6-12-5-9(10)11/h7-10H,2-6H2,1H3. The molecule has 1 aliphatic heterocycles. The third-order valence-electron chi connectivity index (χ3n) is 2.96. The highest BCUT2D eigenvalue weighted by atomic mass is 127. The van der Waals surface area contributed by atoms with Crippen LogP contribution in [0.1, 0.15) is 19.8 Å². The molecule has 0 radical (unpaired) electrons. The summed E-state index contributed by atoms with van der Waals surface area (Å²) in [6.45, 7) is 4.89. The molecule has 0 aromatic heterocycles. The number of alkyl halides is 1. The SMILES string of the molecule is CC(COC1COCC1I)C1CC1. The Balaban J connectivity index is 1.66. The van der Waals surface area contributed by atoms with Crippen LogP contribution in [0, 0.1) is 11.8 Å². The molecule has 2 fully saturated rings. The van der Waals surface area contributed by atoms with Gasteiger partial charge < -0.3 is 9.47 Å². The van der Waals surface area contributed by atoms with E-state index in [0.29, 0.717) is 10.0 Å². The number of rotatable bonds is 4. The van der Waals surface area contributed by atoms with Crippen LogP contribution in [0.5, 0.6) is 0 Å². The summed E-state index contributed by atoms with van der Waals surface area (Å²) < 4.78 is 11.8. The molecule has 0 spiro atoms. The van der Waals surface area contributed by atoms with E-state index >= 15 is 0 Å². The van der Waals surface area contributed by atoms with E-state index < -0.39 is 0 Å². The summed E-state index contributed by atoms with van der Waals surface area (Å²) in [5.74, 6) is 1.71. The smallest absolute Gasteiger partial charge is 0.0948 e. The van der Waals surface area contributed by atoms with Gasteiger partial charge in [-0.15, -0.1) is 0 Å². The fourth-order valence-corrected chi connectivity index (χ4v) is 2.41. The van der Waals surface area contributed by atoms with E-state index in [1.165, 1.54) is 12.8 Å². The van der Waals surface area contributed by atoms with Gasteiger partial charge in [0.05, 0.1) is 23.2 Å². The van der Waals surface area contributed by atoms with Crippen molar-refractivity contribution in [3.05, 3.63) is 0 Å². The van der Waals surface area contributed by atoms with Gasteiger partial charge in [-0.05, 0) is 24.7 Å². The molecule has 3 unspecified atom stereocenters. The third kappa shape index (κ3) is 2.80. The third-order valence-corrected chi connectivity index (χ3v) is 4.12. The molecule has 2 nitrogen and oxygen atoms in total. The molecule has 2 rings (SSSR count). The summed E-state index contributed by atoms with van der Waals surface area (Å²) >= 11 is 2.42. The van der Waals surface area contributed by atoms with Gasteiger partial charge in [0.25, 0.3) is 0 Å². The van der Waals surface area contributed by atoms with Gasteiger partial charge in [0.2, 0.25) is 0 Å². The average molecular weight is 296 g/mol. The first-order valence-corrected chi connectivity index (χ1v) is 6.35. The molecule has 0 bridgehead atoms. The second-order valence-corrected chi connectivity index (χ2v) is 5.84. The highest BCUT2D eigenvalue weighted by Crippen LogP contribution is 2.37. The van der Waals surface area contributed by atoms with Crippen LogP contribution < -0.4 is 0 Å². The van der Waals surface area contributed by atoms with E-state index in [1.807, 2.05) is 0 Å². The molecule has 0 aromatic carbocycles. The minimum absolute atomic E-state index is 0.349. The fraction of sp³-hybridized carbons (Fsp3) is 1.00. The van der Waals surface area contributed by atoms with E-state index in [4.69, 9.17) is 9.47 Å². The molecule has 0 amide bonds. The molecule has 2 aliphatic rings. The summed E-state index contributed by atoms with van der Waals surface area (Å²) in [5.41, 5.74) is 0. The minimum Gasteiger partial charge on any atom is -0.378 e. The molecule has 1 heterocycles. The van der Waals surface area contributed by atoms with Gasteiger partial charge >= 0.3 is 0 Å². The van der Waals surface area contributed by atoms with Crippen molar-refractivity contribution in [1.29, 1.82) is 0 Å². The molecule has 1 saturated heterocycles. The van der Waals surface area contributed by atoms with E-state index in [2.05, 4.69) is 29.5 Å². The quantitative estimate of drug-likeness (QED) is 0.585. The van der Waals surface area contributed by atoms with E-state index in [1.54, 1.807) is 0 Å². The van der Waals surface area contributed by atoms with Crippen LogP contribution in [0.4, 0.5) is 0 Å². The van der Waals surface area contributed by atoms with Gasteiger partial charge in [0.1, 0.15) is 0 Å². The topological polar surface area (TPSA) is 18.5 Å². The van der Waals surface area contributed by atoms with Crippen LogP contribution in [-0.4, -0.2) is 29.8 Å². The molecule has 13 heavy (non-hydrogen) atoms. The number of hydrogen-bond acceptors (Lipinski definition) is 2. The summed E-state index contributed by atoms with van der Waals surface area (Å²) in [7, 11) is 0. The van der Waals surface area contributed by atoms with Crippen molar-refractivity contribution in [3.63, 3.8) is 0 Å². The van der Waals surface area contributed by atoms with Gasteiger partial charge in [0.15, 0.2) is 0 Å². The average Bonchev–Trinajstić information content (AvgIpc) is 2.88. The number of ether oxygens (including phenoxy) is 2. The Morgan fingerprint density at radius 1 is 1.46 bits per heavy atom. The van der Waals surface area contributed by atoms with Gasteiger partial charge in [-0.3, -0.25) is 0 Å². The van der Waals surface area contributed by atoms with Crippen LogP contribution in [0.3, 0.4) is 0 Å². The van der Waals surface area contributed by atoms with Crippen LogP contribution in [0.2, 0.25) is 0 Å².